The minimum Gasteiger partial charge on any atom is -0.298 e. The molecule has 2 aliphatic rings. The Kier molecular flexibility index (Phi) is 2.12. The first kappa shape index (κ1) is 7.53. The number of halogens is 1. The number of rotatable bonds is 1. The number of alkyl halides is 1. The minimum atomic E-state index is -0.538. The average molecular weight is 157 g/mol. The van der Waals surface area contributed by atoms with Gasteiger partial charge >= 0.3 is 0 Å². The zero-order valence-electron chi connectivity index (χ0n) is 6.93. The van der Waals surface area contributed by atoms with Gasteiger partial charge in [-0.2, -0.15) is 0 Å². The normalized spacial score (nSPS) is 35.2. The van der Waals surface area contributed by atoms with Crippen LogP contribution in [0.4, 0.5) is 4.39 Å². The van der Waals surface area contributed by atoms with Crippen LogP contribution in [-0.2, 0) is 0 Å². The second-order valence-corrected chi connectivity index (χ2v) is 3.82. The molecule has 2 heteroatoms. The molecule has 0 bridgehead atoms. The van der Waals surface area contributed by atoms with E-state index in [0.29, 0.717) is 6.54 Å². The van der Waals surface area contributed by atoms with Crippen LogP contribution in [-0.4, -0.2) is 30.2 Å². The first-order chi connectivity index (χ1) is 5.36. The number of likely N-dealkylation sites (tertiary alicyclic amines) is 1. The summed E-state index contributed by atoms with van der Waals surface area (Å²) >= 11 is 0. The highest BCUT2D eigenvalue weighted by Gasteiger charge is 2.28. The molecule has 0 amide bonds. The van der Waals surface area contributed by atoms with Crippen molar-refractivity contribution in [1.82, 2.24) is 4.90 Å². The van der Waals surface area contributed by atoms with Crippen LogP contribution in [0, 0.1) is 0 Å². The maximum atomic E-state index is 12.9. The average Bonchev–Trinajstić information content (AvgIpc) is 1.83. The van der Waals surface area contributed by atoms with E-state index in [2.05, 4.69) is 4.90 Å². The monoisotopic (exact) mass is 157 g/mol. The molecule has 1 atom stereocenters. The van der Waals surface area contributed by atoms with Gasteiger partial charge in [-0.25, -0.2) is 4.39 Å². The van der Waals surface area contributed by atoms with Crippen LogP contribution >= 0.6 is 0 Å². The van der Waals surface area contributed by atoms with Gasteiger partial charge in [0.25, 0.3) is 0 Å². The molecule has 1 saturated heterocycles. The molecule has 2 fully saturated rings. The Hall–Kier alpha value is -0.110. The fourth-order valence-corrected chi connectivity index (χ4v) is 2.04. The third-order valence-corrected chi connectivity index (χ3v) is 2.99. The van der Waals surface area contributed by atoms with Gasteiger partial charge in [0.1, 0.15) is 6.17 Å². The highest BCUT2D eigenvalue weighted by Crippen LogP contribution is 2.27. The molecule has 1 aliphatic heterocycles. The first-order valence-corrected chi connectivity index (χ1v) is 4.74. The molecule has 0 spiro atoms. The van der Waals surface area contributed by atoms with Crippen molar-refractivity contribution < 1.29 is 4.39 Å². The van der Waals surface area contributed by atoms with Crippen LogP contribution in [0.5, 0.6) is 0 Å². The predicted octanol–water partition coefficient (Wildman–Crippen LogP) is 1.97. The highest BCUT2D eigenvalue weighted by atomic mass is 19.1. The lowest BCUT2D eigenvalue weighted by atomic mass is 9.90. The van der Waals surface area contributed by atoms with Crippen LogP contribution in [0.3, 0.4) is 0 Å². The van der Waals surface area contributed by atoms with E-state index in [1.165, 1.54) is 19.3 Å². The molecule has 0 N–H and O–H groups in total. The largest absolute Gasteiger partial charge is 0.298 e. The summed E-state index contributed by atoms with van der Waals surface area (Å²) in [6, 6.07) is 0.744. The van der Waals surface area contributed by atoms with Crippen molar-refractivity contribution in [2.75, 3.05) is 13.1 Å². The third kappa shape index (κ3) is 1.56. The molecule has 0 aromatic heterocycles. The number of hydrogen-bond acceptors (Lipinski definition) is 1. The van der Waals surface area contributed by atoms with Crippen molar-refractivity contribution >= 4 is 0 Å². The van der Waals surface area contributed by atoms with E-state index >= 15 is 0 Å². The maximum Gasteiger partial charge on any atom is 0.113 e. The van der Waals surface area contributed by atoms with Crippen molar-refractivity contribution in [3.63, 3.8) is 0 Å². The molecular formula is C9H16FN. The van der Waals surface area contributed by atoms with Crippen LogP contribution in [0.15, 0.2) is 0 Å². The van der Waals surface area contributed by atoms with Gasteiger partial charge in [0, 0.05) is 12.6 Å². The Balaban J connectivity index is 1.82. The topological polar surface area (TPSA) is 3.24 Å². The molecule has 11 heavy (non-hydrogen) atoms. The molecule has 0 aromatic rings. The highest BCUT2D eigenvalue weighted by molar-refractivity contribution is 4.84. The summed E-state index contributed by atoms with van der Waals surface area (Å²) in [4.78, 5) is 2.34. The second kappa shape index (κ2) is 3.10. The summed E-state index contributed by atoms with van der Waals surface area (Å²) in [6.07, 6.45) is 5.31. The summed E-state index contributed by atoms with van der Waals surface area (Å²) in [5.74, 6) is 0. The van der Waals surface area contributed by atoms with E-state index < -0.39 is 6.17 Å². The Morgan fingerprint density at radius 1 is 1.09 bits per heavy atom. The van der Waals surface area contributed by atoms with Crippen molar-refractivity contribution in [2.24, 2.45) is 0 Å². The molecule has 0 radical (unpaired) electrons. The van der Waals surface area contributed by atoms with Gasteiger partial charge < -0.3 is 0 Å². The predicted molar refractivity (Wildman–Crippen MR) is 43.3 cm³/mol. The zero-order chi connectivity index (χ0) is 7.68. The summed E-state index contributed by atoms with van der Waals surface area (Å²) in [5.41, 5.74) is 0. The molecule has 64 valence electrons. The number of nitrogens with zero attached hydrogens (tertiary/aromatic N) is 1. The van der Waals surface area contributed by atoms with Crippen molar-refractivity contribution in [3.05, 3.63) is 0 Å². The molecule has 1 aliphatic carbocycles. The molecule has 0 aromatic carbocycles. The lowest BCUT2D eigenvalue weighted by Crippen LogP contribution is -2.46. The van der Waals surface area contributed by atoms with E-state index in [1.54, 1.807) is 0 Å². The quantitative estimate of drug-likeness (QED) is 0.562. The summed E-state index contributed by atoms with van der Waals surface area (Å²) in [6.45, 7) is 1.86. The minimum absolute atomic E-state index is 0.538. The van der Waals surface area contributed by atoms with Crippen molar-refractivity contribution in [1.29, 1.82) is 0 Å². The Bertz CT molecular complexity index is 134. The molecular weight excluding hydrogens is 141 g/mol. The van der Waals surface area contributed by atoms with Gasteiger partial charge in [0.2, 0.25) is 0 Å². The third-order valence-electron chi connectivity index (χ3n) is 2.99. The first-order valence-electron chi connectivity index (χ1n) is 4.74. The fraction of sp³-hybridized carbons (Fsp3) is 1.00. The molecule has 1 saturated carbocycles. The second-order valence-electron chi connectivity index (χ2n) is 3.82. The summed E-state index contributed by atoms with van der Waals surface area (Å²) < 4.78 is 12.9. The van der Waals surface area contributed by atoms with Crippen molar-refractivity contribution in [2.45, 2.75) is 44.3 Å². The van der Waals surface area contributed by atoms with Crippen molar-refractivity contribution in [3.8, 4) is 0 Å². The SMILES string of the molecule is FC1CCCN(C2CCC2)C1. The Labute approximate surface area is 67.6 Å². The van der Waals surface area contributed by atoms with E-state index in [0.717, 1.165) is 25.4 Å². The van der Waals surface area contributed by atoms with E-state index in [9.17, 15) is 4.39 Å². The number of piperidine rings is 1. The Morgan fingerprint density at radius 3 is 2.45 bits per heavy atom. The molecule has 2 rings (SSSR count). The molecule has 1 unspecified atom stereocenters. The lowest BCUT2D eigenvalue weighted by Gasteiger charge is -2.40. The van der Waals surface area contributed by atoms with E-state index in [1.807, 2.05) is 0 Å². The van der Waals surface area contributed by atoms with Crippen LogP contribution in [0.25, 0.3) is 0 Å². The summed E-state index contributed by atoms with van der Waals surface area (Å²) in [5, 5.41) is 0. The van der Waals surface area contributed by atoms with E-state index in [4.69, 9.17) is 0 Å². The van der Waals surface area contributed by atoms with Gasteiger partial charge in [-0.1, -0.05) is 6.42 Å². The van der Waals surface area contributed by atoms with E-state index in [-0.39, 0.29) is 0 Å². The standard InChI is InChI=1S/C9H16FN/c10-8-3-2-6-11(7-8)9-4-1-5-9/h8-9H,1-7H2. The molecule has 1 nitrogen and oxygen atoms in total. The Morgan fingerprint density at radius 2 is 1.91 bits per heavy atom. The van der Waals surface area contributed by atoms with Gasteiger partial charge in [0.15, 0.2) is 0 Å². The fourth-order valence-electron chi connectivity index (χ4n) is 2.04. The number of hydrogen-bond donors (Lipinski definition) is 0. The van der Waals surface area contributed by atoms with Crippen LogP contribution < -0.4 is 0 Å². The molecule has 1 heterocycles. The van der Waals surface area contributed by atoms with Gasteiger partial charge in [-0.05, 0) is 32.2 Å². The zero-order valence-corrected chi connectivity index (χ0v) is 6.93. The van der Waals surface area contributed by atoms with Gasteiger partial charge in [-0.3, -0.25) is 4.90 Å². The lowest BCUT2D eigenvalue weighted by molar-refractivity contribution is 0.0620. The maximum absolute atomic E-state index is 12.9. The summed E-state index contributed by atoms with van der Waals surface area (Å²) in [7, 11) is 0. The van der Waals surface area contributed by atoms with Crippen LogP contribution in [0.1, 0.15) is 32.1 Å². The van der Waals surface area contributed by atoms with Gasteiger partial charge in [0.05, 0.1) is 0 Å². The smallest absolute Gasteiger partial charge is 0.113 e. The van der Waals surface area contributed by atoms with Crippen LogP contribution in [0.2, 0.25) is 0 Å². The van der Waals surface area contributed by atoms with Gasteiger partial charge in [-0.15, -0.1) is 0 Å².